The van der Waals surface area contributed by atoms with Gasteiger partial charge in [-0.05, 0) is 74.2 Å². The van der Waals surface area contributed by atoms with Crippen LogP contribution in [0.15, 0.2) is 34.0 Å². The molecule has 5 nitrogen and oxygen atoms in total. The number of nitrogens with one attached hydrogen (secondary N) is 1. The fraction of sp³-hybridized carbons (Fsp3) is 0.586. The normalized spacial score (nSPS) is 18.0. The summed E-state index contributed by atoms with van der Waals surface area (Å²) in [6, 6.07) is 7.40. The van der Waals surface area contributed by atoms with E-state index < -0.39 is 0 Å². The molecule has 0 aliphatic carbocycles. The Morgan fingerprint density at radius 1 is 1.14 bits per heavy atom. The Labute approximate surface area is 215 Å². The summed E-state index contributed by atoms with van der Waals surface area (Å²) in [4.78, 5) is 24.9. The number of hydrogen-bond acceptors (Lipinski definition) is 5. The van der Waals surface area contributed by atoms with Crippen LogP contribution in [-0.2, 0) is 6.42 Å². The summed E-state index contributed by atoms with van der Waals surface area (Å²) < 4.78 is 2.46. The molecule has 2 aliphatic rings. The highest BCUT2D eigenvalue weighted by molar-refractivity contribution is 7.97. The summed E-state index contributed by atoms with van der Waals surface area (Å²) in [5.74, 6) is 1.62. The van der Waals surface area contributed by atoms with Gasteiger partial charge < -0.3 is 4.98 Å². The second kappa shape index (κ2) is 11.9. The topological polar surface area (TPSA) is 52.2 Å². The van der Waals surface area contributed by atoms with E-state index in [2.05, 4.69) is 59.2 Å². The highest BCUT2D eigenvalue weighted by Gasteiger charge is 2.38. The number of aromatic amines is 1. The van der Waals surface area contributed by atoms with Gasteiger partial charge >= 0.3 is 0 Å². The molecule has 0 radical (unpaired) electrons. The molecule has 4 rings (SSSR count). The van der Waals surface area contributed by atoms with Crippen molar-refractivity contribution in [3.05, 3.63) is 51.4 Å². The smallest absolute Gasteiger partial charge is 0.254 e. The number of likely N-dealkylation sites (tertiary alicyclic amines) is 1. The third-order valence-electron chi connectivity index (χ3n) is 7.44. The van der Waals surface area contributed by atoms with Gasteiger partial charge in [0.1, 0.15) is 5.82 Å². The molecule has 1 aromatic heterocycles. The molecule has 2 aliphatic heterocycles. The zero-order valence-electron chi connectivity index (χ0n) is 22.2. The van der Waals surface area contributed by atoms with Gasteiger partial charge in [-0.1, -0.05) is 52.2 Å². The van der Waals surface area contributed by atoms with E-state index in [0.717, 1.165) is 61.5 Å². The summed E-state index contributed by atoms with van der Waals surface area (Å²) >= 11 is 1.84. The molecule has 2 fully saturated rings. The van der Waals surface area contributed by atoms with Gasteiger partial charge in [0.05, 0.1) is 5.69 Å². The van der Waals surface area contributed by atoms with Crippen LogP contribution in [0.3, 0.4) is 0 Å². The molecule has 1 N–H and O–H groups in total. The van der Waals surface area contributed by atoms with Crippen LogP contribution in [0, 0.1) is 12.8 Å². The quantitative estimate of drug-likeness (QED) is 0.370. The molecule has 0 saturated carbocycles. The second-order valence-electron chi connectivity index (χ2n) is 10.2. The van der Waals surface area contributed by atoms with Gasteiger partial charge in [0, 0.05) is 48.2 Å². The average molecular weight is 495 g/mol. The van der Waals surface area contributed by atoms with Gasteiger partial charge in [0.2, 0.25) is 0 Å². The lowest BCUT2D eigenvalue weighted by molar-refractivity contribution is -0.000646. The minimum Gasteiger partial charge on any atom is -0.306 e. The van der Waals surface area contributed by atoms with Crippen molar-refractivity contribution in [3.63, 3.8) is 0 Å². The molecular weight excluding hydrogens is 452 g/mol. The molecule has 0 atom stereocenters. The zero-order chi connectivity index (χ0) is 24.9. The predicted molar refractivity (Wildman–Crippen MR) is 149 cm³/mol. The van der Waals surface area contributed by atoms with Gasteiger partial charge in [-0.15, -0.1) is 0 Å². The van der Waals surface area contributed by atoms with Crippen molar-refractivity contribution in [2.45, 2.75) is 84.1 Å². The van der Waals surface area contributed by atoms with Crippen LogP contribution >= 0.6 is 11.9 Å². The van der Waals surface area contributed by atoms with Crippen LogP contribution < -0.4 is 5.56 Å². The Hall–Kier alpha value is -1.89. The van der Waals surface area contributed by atoms with Crippen LogP contribution in [0.4, 0.5) is 0 Å². The van der Waals surface area contributed by atoms with Crippen LogP contribution in [-0.4, -0.2) is 51.4 Å². The molecule has 0 amide bonds. The van der Waals surface area contributed by atoms with Crippen molar-refractivity contribution < 1.29 is 0 Å². The van der Waals surface area contributed by atoms with Gasteiger partial charge in [0.15, 0.2) is 0 Å². The molecule has 190 valence electrons. The Morgan fingerprint density at radius 3 is 2.57 bits per heavy atom. The Morgan fingerprint density at radius 2 is 1.91 bits per heavy atom. The first kappa shape index (κ1) is 26.2. The highest BCUT2D eigenvalue weighted by Crippen LogP contribution is 2.35. The molecule has 6 heteroatoms. The minimum absolute atomic E-state index is 0.0394. The van der Waals surface area contributed by atoms with E-state index in [0.29, 0.717) is 17.4 Å². The van der Waals surface area contributed by atoms with Crippen LogP contribution in [0.25, 0.3) is 17.0 Å². The molecule has 3 heterocycles. The molecule has 0 spiro atoms. The first-order valence-corrected chi connectivity index (χ1v) is 14.3. The molecule has 0 bridgehead atoms. The summed E-state index contributed by atoms with van der Waals surface area (Å²) in [5, 5.41) is 0. The van der Waals surface area contributed by atoms with E-state index >= 15 is 0 Å². The number of nitrogens with zero attached hydrogens (tertiary/aromatic N) is 3. The third-order valence-corrected chi connectivity index (χ3v) is 8.46. The Kier molecular flexibility index (Phi) is 8.90. The number of H-pyrrole nitrogens is 1. The molecular formula is C29H42N4OS. The van der Waals surface area contributed by atoms with E-state index in [-0.39, 0.29) is 5.56 Å². The monoisotopic (exact) mass is 494 g/mol. The predicted octanol–water partition coefficient (Wildman–Crippen LogP) is 6.32. The fourth-order valence-corrected chi connectivity index (χ4v) is 6.42. The fourth-order valence-electron chi connectivity index (χ4n) is 5.33. The lowest BCUT2D eigenvalue weighted by atomic mass is 9.92. The molecule has 2 saturated heterocycles. The van der Waals surface area contributed by atoms with E-state index in [4.69, 9.17) is 4.98 Å². The number of aryl methyl sites for hydroxylation is 1. The van der Waals surface area contributed by atoms with Crippen LogP contribution in [0.1, 0.15) is 76.6 Å². The average Bonchev–Trinajstić information content (AvgIpc) is 2.80. The number of allylic oxidation sites excluding steroid dienone is 2. The van der Waals surface area contributed by atoms with Crippen molar-refractivity contribution in [1.82, 2.24) is 19.2 Å². The zero-order valence-corrected chi connectivity index (χ0v) is 23.0. The summed E-state index contributed by atoms with van der Waals surface area (Å²) in [6.45, 7) is 15.4. The Balaban J connectivity index is 1.53. The molecule has 1 aromatic carbocycles. The van der Waals surface area contributed by atoms with Crippen molar-refractivity contribution in [2.75, 3.05) is 26.2 Å². The first-order chi connectivity index (χ1) is 17.0. The number of hydrogen-bond donors (Lipinski definition) is 1. The summed E-state index contributed by atoms with van der Waals surface area (Å²) in [6.07, 6.45) is 8.77. The van der Waals surface area contributed by atoms with E-state index in [1.807, 2.05) is 25.8 Å². The van der Waals surface area contributed by atoms with E-state index in [1.54, 1.807) is 0 Å². The summed E-state index contributed by atoms with van der Waals surface area (Å²) in [7, 11) is 0. The summed E-state index contributed by atoms with van der Waals surface area (Å²) in [5.41, 5.74) is 4.97. The third kappa shape index (κ3) is 5.92. The number of rotatable bonds is 11. The molecule has 35 heavy (non-hydrogen) atoms. The lowest BCUT2D eigenvalue weighted by Crippen LogP contribution is -2.63. The van der Waals surface area contributed by atoms with Crippen molar-refractivity contribution in [3.8, 4) is 11.4 Å². The Bertz CT molecular complexity index is 1100. The van der Waals surface area contributed by atoms with Crippen LogP contribution in [0.5, 0.6) is 0 Å². The van der Waals surface area contributed by atoms with Gasteiger partial charge in [-0.2, -0.15) is 0 Å². The molecule has 2 aromatic rings. The second-order valence-corrected chi connectivity index (χ2v) is 11.4. The van der Waals surface area contributed by atoms with Crippen molar-refractivity contribution >= 4 is 17.5 Å². The highest BCUT2D eigenvalue weighted by atomic mass is 32.2. The van der Waals surface area contributed by atoms with Crippen molar-refractivity contribution in [1.29, 1.82) is 0 Å². The largest absolute Gasteiger partial charge is 0.306 e. The van der Waals surface area contributed by atoms with Crippen LogP contribution in [0.2, 0.25) is 0 Å². The van der Waals surface area contributed by atoms with Gasteiger partial charge in [0.25, 0.3) is 5.56 Å². The minimum atomic E-state index is -0.0394. The first-order valence-electron chi connectivity index (χ1n) is 13.5. The maximum absolute atomic E-state index is 12.9. The van der Waals surface area contributed by atoms with E-state index in [9.17, 15) is 4.79 Å². The molecule has 0 unspecified atom stereocenters. The van der Waals surface area contributed by atoms with Gasteiger partial charge in [-0.3, -0.25) is 9.69 Å². The number of aromatic nitrogens is 2. The SMILES string of the molecule is CC=C(CCC)c1nc(-c2cc(SN3CC(N4CC(CCC)C4)C3)ccc2CCC)[nH]c(=O)c1C. The van der Waals surface area contributed by atoms with Gasteiger partial charge in [-0.25, -0.2) is 9.29 Å². The lowest BCUT2D eigenvalue weighted by Gasteiger charge is -2.51. The maximum atomic E-state index is 12.9. The van der Waals surface area contributed by atoms with E-state index in [1.165, 1.54) is 36.4 Å². The standard InChI is InChI=1S/C29H42N4OS/c1-6-10-21-16-32(17-21)24-18-33(19-24)35-25-14-13-23(12-8-3)26(15-25)28-30-27(20(5)29(34)31-28)22(9-4)11-7-2/h9,13-15,21,24H,6-8,10-12,16-19H2,1-5H3,(H,30,31,34). The maximum Gasteiger partial charge on any atom is 0.254 e. The van der Waals surface area contributed by atoms with Crippen molar-refractivity contribution in [2.24, 2.45) is 5.92 Å². The number of benzene rings is 1.